The minimum absolute atomic E-state index is 0.104. The van der Waals surface area contributed by atoms with E-state index in [2.05, 4.69) is 4.90 Å². The molecule has 0 spiro atoms. The van der Waals surface area contributed by atoms with Gasteiger partial charge in [-0.1, -0.05) is 18.2 Å². The quantitative estimate of drug-likeness (QED) is 0.781. The van der Waals surface area contributed by atoms with Crippen molar-refractivity contribution in [2.75, 3.05) is 44.3 Å². The van der Waals surface area contributed by atoms with E-state index in [9.17, 15) is 13.2 Å². The zero-order chi connectivity index (χ0) is 17.9. The zero-order valence-electron chi connectivity index (χ0n) is 14.7. The summed E-state index contributed by atoms with van der Waals surface area (Å²) in [6, 6.07) is 7.91. The normalized spacial score (nSPS) is 23.6. The highest BCUT2D eigenvalue weighted by atomic mass is 32.2. The molecule has 2 fully saturated rings. The van der Waals surface area contributed by atoms with Crippen LogP contribution in [0.4, 0.5) is 0 Å². The number of rotatable bonds is 5. The van der Waals surface area contributed by atoms with Gasteiger partial charge in [0.2, 0.25) is 5.91 Å². The van der Waals surface area contributed by atoms with Crippen LogP contribution in [-0.4, -0.2) is 74.5 Å². The van der Waals surface area contributed by atoms with Crippen LogP contribution >= 0.6 is 0 Å². The minimum Gasteiger partial charge on any atom is -0.493 e. The lowest BCUT2D eigenvalue weighted by atomic mass is 10.2. The number of carbonyl (C=O) groups excluding carboxylic acids is 1. The van der Waals surface area contributed by atoms with Crippen LogP contribution in [0.15, 0.2) is 24.3 Å². The highest BCUT2D eigenvalue weighted by Crippen LogP contribution is 2.20. The molecule has 7 heteroatoms. The average Bonchev–Trinajstić information content (AvgIpc) is 2.96. The lowest BCUT2D eigenvalue weighted by molar-refractivity contribution is -0.133. The predicted molar refractivity (Wildman–Crippen MR) is 96.5 cm³/mol. The molecule has 0 bridgehead atoms. The number of para-hydroxylation sites is 1. The molecule has 2 heterocycles. The summed E-state index contributed by atoms with van der Waals surface area (Å²) >= 11 is 0. The summed E-state index contributed by atoms with van der Waals surface area (Å²) in [4.78, 5) is 16.4. The number of benzene rings is 1. The second kappa shape index (κ2) is 7.74. The summed E-state index contributed by atoms with van der Waals surface area (Å²) in [5, 5.41) is 0. The Labute approximate surface area is 149 Å². The van der Waals surface area contributed by atoms with Crippen LogP contribution in [0, 0.1) is 6.92 Å². The van der Waals surface area contributed by atoms with E-state index in [-0.39, 0.29) is 17.7 Å². The Balaban J connectivity index is 1.40. The second-order valence-electron chi connectivity index (χ2n) is 6.84. The van der Waals surface area contributed by atoms with E-state index in [1.54, 1.807) is 0 Å². The number of nitrogens with zero attached hydrogens (tertiary/aromatic N) is 2. The Kier molecular flexibility index (Phi) is 5.64. The van der Waals surface area contributed by atoms with Crippen LogP contribution in [0.2, 0.25) is 0 Å². The van der Waals surface area contributed by atoms with Gasteiger partial charge in [-0.3, -0.25) is 9.69 Å². The van der Waals surface area contributed by atoms with Crippen molar-refractivity contribution in [1.82, 2.24) is 9.80 Å². The molecule has 2 aliphatic rings. The van der Waals surface area contributed by atoms with Crippen molar-refractivity contribution in [3.63, 3.8) is 0 Å². The minimum atomic E-state index is -2.86. The van der Waals surface area contributed by atoms with Crippen LogP contribution in [0.3, 0.4) is 0 Å². The number of ether oxygens (including phenoxy) is 1. The zero-order valence-corrected chi connectivity index (χ0v) is 15.5. The monoisotopic (exact) mass is 366 g/mol. The maximum absolute atomic E-state index is 12.3. The van der Waals surface area contributed by atoms with Crippen molar-refractivity contribution in [1.29, 1.82) is 0 Å². The van der Waals surface area contributed by atoms with Crippen molar-refractivity contribution in [2.24, 2.45) is 0 Å². The molecular weight excluding hydrogens is 340 g/mol. The molecule has 0 radical (unpaired) electrons. The molecule has 6 nitrogen and oxygen atoms in total. The highest BCUT2D eigenvalue weighted by molar-refractivity contribution is 7.91. The number of carbonyl (C=O) groups is 1. The Hall–Kier alpha value is -1.60. The van der Waals surface area contributed by atoms with E-state index in [0.717, 1.165) is 30.8 Å². The summed E-state index contributed by atoms with van der Waals surface area (Å²) in [5.41, 5.74) is 1.06. The predicted octanol–water partition coefficient (Wildman–Crippen LogP) is 1.10. The summed E-state index contributed by atoms with van der Waals surface area (Å²) < 4.78 is 28.9. The van der Waals surface area contributed by atoms with Gasteiger partial charge in [0.25, 0.3) is 0 Å². The first-order valence-corrected chi connectivity index (χ1v) is 10.7. The smallest absolute Gasteiger partial charge is 0.226 e. The van der Waals surface area contributed by atoms with Crippen molar-refractivity contribution in [3.05, 3.63) is 29.8 Å². The van der Waals surface area contributed by atoms with Crippen LogP contribution in [0.25, 0.3) is 0 Å². The molecule has 3 rings (SSSR count). The SMILES string of the molecule is Cc1ccccc1OCCC(=O)N1CCN([C@H]2CCS(=O)(=O)C2)CC1. The third-order valence-corrected chi connectivity index (χ3v) is 6.81. The van der Waals surface area contributed by atoms with Gasteiger partial charge in [-0.15, -0.1) is 0 Å². The Morgan fingerprint density at radius 2 is 1.92 bits per heavy atom. The number of hydrogen-bond donors (Lipinski definition) is 0. The van der Waals surface area contributed by atoms with E-state index < -0.39 is 9.84 Å². The van der Waals surface area contributed by atoms with E-state index in [4.69, 9.17) is 4.74 Å². The summed E-state index contributed by atoms with van der Waals surface area (Å²) in [7, 11) is -2.86. The first kappa shape index (κ1) is 18.2. The standard InChI is InChI=1S/C18H26N2O4S/c1-15-4-2-3-5-17(15)24-12-6-18(21)20-10-8-19(9-11-20)16-7-13-25(22,23)14-16/h2-5,16H,6-14H2,1H3/t16-/m0/s1. The molecule has 2 aliphatic heterocycles. The molecule has 0 unspecified atom stereocenters. The number of sulfone groups is 1. The Morgan fingerprint density at radius 3 is 2.56 bits per heavy atom. The number of hydrogen-bond acceptors (Lipinski definition) is 5. The lowest BCUT2D eigenvalue weighted by Crippen LogP contribution is -2.52. The van der Waals surface area contributed by atoms with Crippen molar-refractivity contribution in [2.45, 2.75) is 25.8 Å². The molecule has 1 amide bonds. The first-order valence-electron chi connectivity index (χ1n) is 8.85. The number of aryl methyl sites for hydroxylation is 1. The Bertz CT molecular complexity index is 712. The largest absolute Gasteiger partial charge is 0.493 e. The van der Waals surface area contributed by atoms with Crippen LogP contribution in [0.5, 0.6) is 5.75 Å². The fraction of sp³-hybridized carbons (Fsp3) is 0.611. The number of piperazine rings is 1. The second-order valence-corrected chi connectivity index (χ2v) is 9.07. The van der Waals surface area contributed by atoms with Gasteiger partial charge in [-0.05, 0) is 25.0 Å². The Morgan fingerprint density at radius 1 is 1.20 bits per heavy atom. The van der Waals surface area contributed by atoms with Gasteiger partial charge >= 0.3 is 0 Å². The average molecular weight is 366 g/mol. The van der Waals surface area contributed by atoms with Gasteiger partial charge < -0.3 is 9.64 Å². The molecule has 1 atom stereocenters. The van der Waals surface area contributed by atoms with Gasteiger partial charge in [0.05, 0.1) is 24.5 Å². The van der Waals surface area contributed by atoms with Gasteiger partial charge in [-0.25, -0.2) is 8.42 Å². The highest BCUT2D eigenvalue weighted by Gasteiger charge is 2.34. The van der Waals surface area contributed by atoms with Gasteiger partial charge in [-0.2, -0.15) is 0 Å². The van der Waals surface area contributed by atoms with E-state index in [0.29, 0.717) is 31.9 Å². The number of amides is 1. The van der Waals surface area contributed by atoms with Gasteiger partial charge in [0.15, 0.2) is 9.84 Å². The maximum Gasteiger partial charge on any atom is 0.226 e. The molecule has 1 aromatic carbocycles. The lowest BCUT2D eigenvalue weighted by Gasteiger charge is -2.37. The third-order valence-electron chi connectivity index (χ3n) is 5.06. The molecule has 25 heavy (non-hydrogen) atoms. The van der Waals surface area contributed by atoms with Gasteiger partial charge in [0, 0.05) is 32.2 Å². The summed E-state index contributed by atoms with van der Waals surface area (Å²) in [5.74, 6) is 1.49. The van der Waals surface area contributed by atoms with E-state index in [1.807, 2.05) is 36.1 Å². The van der Waals surface area contributed by atoms with Crippen LogP contribution < -0.4 is 4.74 Å². The summed E-state index contributed by atoms with van der Waals surface area (Å²) in [6.45, 7) is 5.21. The fourth-order valence-electron chi connectivity index (χ4n) is 3.52. The van der Waals surface area contributed by atoms with Gasteiger partial charge in [0.1, 0.15) is 5.75 Å². The van der Waals surface area contributed by atoms with Crippen LogP contribution in [-0.2, 0) is 14.6 Å². The molecule has 0 aliphatic carbocycles. The summed E-state index contributed by atoms with van der Waals surface area (Å²) in [6.07, 6.45) is 1.09. The molecular formula is C18H26N2O4S. The van der Waals surface area contributed by atoms with Crippen molar-refractivity contribution >= 4 is 15.7 Å². The van der Waals surface area contributed by atoms with E-state index in [1.165, 1.54) is 0 Å². The van der Waals surface area contributed by atoms with Crippen molar-refractivity contribution in [3.8, 4) is 5.75 Å². The third kappa shape index (κ3) is 4.73. The maximum atomic E-state index is 12.3. The fourth-order valence-corrected chi connectivity index (χ4v) is 5.29. The van der Waals surface area contributed by atoms with Crippen LogP contribution in [0.1, 0.15) is 18.4 Å². The molecule has 0 aromatic heterocycles. The molecule has 2 saturated heterocycles. The molecule has 0 N–H and O–H groups in total. The first-order chi connectivity index (χ1) is 11.9. The molecule has 0 saturated carbocycles. The topological polar surface area (TPSA) is 66.9 Å². The van der Waals surface area contributed by atoms with E-state index >= 15 is 0 Å². The van der Waals surface area contributed by atoms with Crippen molar-refractivity contribution < 1.29 is 17.9 Å². The molecule has 1 aromatic rings. The molecule has 138 valence electrons.